The molecule has 3 N–H and O–H groups in total. The van der Waals surface area contributed by atoms with Gasteiger partial charge in [-0.15, -0.1) is 0 Å². The van der Waals surface area contributed by atoms with Crippen LogP contribution in [-0.4, -0.2) is 20.4 Å². The van der Waals surface area contributed by atoms with E-state index in [9.17, 15) is 22.0 Å². The summed E-state index contributed by atoms with van der Waals surface area (Å²) in [5, 5.41) is 0. The van der Waals surface area contributed by atoms with E-state index >= 15 is 0 Å². The molecule has 112 valence electrons. The molecule has 8 heteroatoms. The van der Waals surface area contributed by atoms with Crippen LogP contribution in [0.15, 0.2) is 23.1 Å². The van der Waals surface area contributed by atoms with Crippen molar-refractivity contribution in [3.8, 4) is 0 Å². The lowest BCUT2D eigenvalue weighted by Crippen LogP contribution is -2.48. The molecule has 1 amide bonds. The van der Waals surface area contributed by atoms with Crippen molar-refractivity contribution in [1.82, 2.24) is 4.72 Å². The summed E-state index contributed by atoms with van der Waals surface area (Å²) in [5.74, 6) is -3.77. The lowest BCUT2D eigenvalue weighted by molar-refractivity contribution is -0.120. The van der Waals surface area contributed by atoms with Crippen LogP contribution in [-0.2, 0) is 14.8 Å². The highest BCUT2D eigenvalue weighted by Crippen LogP contribution is 2.19. The predicted molar refractivity (Wildman–Crippen MR) is 69.1 cm³/mol. The van der Waals surface area contributed by atoms with Gasteiger partial charge in [0, 0.05) is 0 Å². The average Bonchev–Trinajstić information content (AvgIpc) is 2.34. The maximum atomic E-state index is 13.5. The Morgan fingerprint density at radius 1 is 1.35 bits per heavy atom. The first-order valence-corrected chi connectivity index (χ1v) is 7.44. The zero-order valence-electron chi connectivity index (χ0n) is 11.1. The molecule has 5 nitrogen and oxygen atoms in total. The minimum atomic E-state index is -4.52. The van der Waals surface area contributed by atoms with Crippen molar-refractivity contribution in [1.29, 1.82) is 0 Å². The van der Waals surface area contributed by atoms with Crippen molar-refractivity contribution in [3.05, 3.63) is 29.8 Å². The highest BCUT2D eigenvalue weighted by Gasteiger charge is 2.31. The standard InChI is InChI=1S/C12H16F2N2O3S/c1-3-7(2)10(12(15)17)16-20(18,19)11-8(13)5-4-6-9(11)14/h4-7,10,16H,3H2,1-2H3,(H2,15,17). The van der Waals surface area contributed by atoms with Crippen LogP contribution < -0.4 is 10.5 Å². The van der Waals surface area contributed by atoms with Crippen molar-refractivity contribution in [3.63, 3.8) is 0 Å². The van der Waals surface area contributed by atoms with E-state index in [0.717, 1.165) is 18.2 Å². The molecule has 20 heavy (non-hydrogen) atoms. The van der Waals surface area contributed by atoms with Gasteiger partial charge in [0.1, 0.15) is 17.7 Å². The van der Waals surface area contributed by atoms with E-state index in [-0.39, 0.29) is 0 Å². The summed E-state index contributed by atoms with van der Waals surface area (Å²) in [6, 6.07) is 1.45. The minimum Gasteiger partial charge on any atom is -0.368 e. The summed E-state index contributed by atoms with van der Waals surface area (Å²) in [4.78, 5) is 10.2. The number of hydrogen-bond acceptors (Lipinski definition) is 3. The van der Waals surface area contributed by atoms with Gasteiger partial charge in [-0.3, -0.25) is 4.79 Å². The maximum absolute atomic E-state index is 13.5. The van der Waals surface area contributed by atoms with Crippen molar-refractivity contribution in [2.75, 3.05) is 0 Å². The molecule has 0 aliphatic carbocycles. The fourth-order valence-electron chi connectivity index (χ4n) is 1.66. The number of nitrogens with two attached hydrogens (primary N) is 1. The molecule has 0 saturated carbocycles. The van der Waals surface area contributed by atoms with E-state index in [4.69, 9.17) is 5.73 Å². The van der Waals surface area contributed by atoms with E-state index in [1.165, 1.54) is 0 Å². The van der Waals surface area contributed by atoms with Crippen molar-refractivity contribution >= 4 is 15.9 Å². The Labute approximate surface area is 116 Å². The van der Waals surface area contributed by atoms with Gasteiger partial charge in [0.2, 0.25) is 15.9 Å². The van der Waals surface area contributed by atoms with Crippen molar-refractivity contribution in [2.24, 2.45) is 11.7 Å². The van der Waals surface area contributed by atoms with Crippen LogP contribution in [0.2, 0.25) is 0 Å². The molecule has 0 heterocycles. The summed E-state index contributed by atoms with van der Waals surface area (Å²) < 4.78 is 53.0. The monoisotopic (exact) mass is 306 g/mol. The zero-order valence-corrected chi connectivity index (χ0v) is 11.9. The Balaban J connectivity index is 3.20. The predicted octanol–water partition coefficient (Wildman–Crippen LogP) is 1.14. The fraction of sp³-hybridized carbons (Fsp3) is 0.417. The minimum absolute atomic E-state index is 0.405. The third-order valence-electron chi connectivity index (χ3n) is 2.99. The molecular formula is C12H16F2N2O3S. The number of amides is 1. The second kappa shape index (κ2) is 6.27. The van der Waals surface area contributed by atoms with Crippen LogP contribution in [0, 0.1) is 17.6 Å². The van der Waals surface area contributed by atoms with E-state index in [1.54, 1.807) is 13.8 Å². The zero-order chi connectivity index (χ0) is 15.5. The Hall–Kier alpha value is -1.54. The van der Waals surface area contributed by atoms with Crippen LogP contribution in [0.4, 0.5) is 8.78 Å². The largest absolute Gasteiger partial charge is 0.368 e. The summed E-state index contributed by atoms with van der Waals surface area (Å²) in [5.41, 5.74) is 5.12. The second-order valence-corrected chi connectivity index (χ2v) is 6.09. The number of sulfonamides is 1. The van der Waals surface area contributed by atoms with Gasteiger partial charge in [-0.1, -0.05) is 26.3 Å². The summed E-state index contributed by atoms with van der Waals surface area (Å²) in [7, 11) is -4.52. The molecule has 2 unspecified atom stereocenters. The summed E-state index contributed by atoms with van der Waals surface area (Å²) >= 11 is 0. The van der Waals surface area contributed by atoms with Gasteiger partial charge in [-0.05, 0) is 18.1 Å². The highest BCUT2D eigenvalue weighted by atomic mass is 32.2. The second-order valence-electron chi connectivity index (χ2n) is 4.44. The molecule has 0 aromatic heterocycles. The van der Waals surface area contributed by atoms with E-state index < -0.39 is 44.4 Å². The van der Waals surface area contributed by atoms with E-state index in [1.807, 2.05) is 4.72 Å². The Morgan fingerprint density at radius 2 is 1.85 bits per heavy atom. The number of halogens is 2. The quantitative estimate of drug-likeness (QED) is 0.826. The Kier molecular flexibility index (Phi) is 5.18. The van der Waals surface area contributed by atoms with E-state index in [2.05, 4.69) is 0 Å². The molecule has 1 aromatic carbocycles. The van der Waals surface area contributed by atoms with Gasteiger partial charge < -0.3 is 5.73 Å². The van der Waals surface area contributed by atoms with Crippen molar-refractivity contribution < 1.29 is 22.0 Å². The number of rotatable bonds is 6. The lowest BCUT2D eigenvalue weighted by Gasteiger charge is -2.21. The third kappa shape index (κ3) is 3.51. The molecular weight excluding hydrogens is 290 g/mol. The van der Waals surface area contributed by atoms with Gasteiger partial charge in [-0.2, -0.15) is 4.72 Å². The average molecular weight is 306 g/mol. The first-order valence-electron chi connectivity index (χ1n) is 5.96. The molecule has 0 radical (unpaired) electrons. The fourth-order valence-corrected chi connectivity index (χ4v) is 3.11. The van der Waals surface area contributed by atoms with Gasteiger partial charge >= 0.3 is 0 Å². The molecule has 0 bridgehead atoms. The molecule has 0 aliphatic rings. The number of carbonyl (C=O) groups is 1. The number of benzene rings is 1. The van der Waals surface area contributed by atoms with Crippen LogP contribution >= 0.6 is 0 Å². The number of carbonyl (C=O) groups excluding carboxylic acids is 1. The first kappa shape index (κ1) is 16.5. The van der Waals surface area contributed by atoms with Crippen LogP contribution in [0.1, 0.15) is 20.3 Å². The number of nitrogens with one attached hydrogen (secondary N) is 1. The third-order valence-corrected chi connectivity index (χ3v) is 4.48. The summed E-state index contributed by atoms with van der Waals surface area (Å²) in [6.07, 6.45) is 0.468. The molecule has 0 aliphatic heterocycles. The molecule has 0 saturated heterocycles. The normalized spacial score (nSPS) is 14.8. The first-order chi connectivity index (χ1) is 9.20. The molecule has 1 rings (SSSR count). The highest BCUT2D eigenvalue weighted by molar-refractivity contribution is 7.89. The lowest BCUT2D eigenvalue weighted by atomic mass is 10.00. The van der Waals surface area contributed by atoms with E-state index in [0.29, 0.717) is 6.42 Å². The molecule has 0 fully saturated rings. The maximum Gasteiger partial charge on any atom is 0.247 e. The number of hydrogen-bond donors (Lipinski definition) is 2. The molecule has 2 atom stereocenters. The van der Waals surface area contributed by atoms with Crippen molar-refractivity contribution in [2.45, 2.75) is 31.2 Å². The Bertz CT molecular complexity index is 584. The molecule has 1 aromatic rings. The topological polar surface area (TPSA) is 89.3 Å². The van der Waals surface area contributed by atoms with Crippen LogP contribution in [0.5, 0.6) is 0 Å². The van der Waals surface area contributed by atoms with Gasteiger partial charge in [0.25, 0.3) is 0 Å². The SMILES string of the molecule is CCC(C)C(NS(=O)(=O)c1c(F)cccc1F)C(N)=O. The Morgan fingerprint density at radius 3 is 2.25 bits per heavy atom. The van der Waals surface area contributed by atoms with Crippen LogP contribution in [0.25, 0.3) is 0 Å². The van der Waals surface area contributed by atoms with Gasteiger partial charge in [0.05, 0.1) is 0 Å². The van der Waals surface area contributed by atoms with Gasteiger partial charge in [-0.25, -0.2) is 17.2 Å². The smallest absolute Gasteiger partial charge is 0.247 e. The van der Waals surface area contributed by atoms with Crippen LogP contribution in [0.3, 0.4) is 0 Å². The van der Waals surface area contributed by atoms with Gasteiger partial charge in [0.15, 0.2) is 4.90 Å². The number of primary amides is 1. The molecule has 0 spiro atoms. The summed E-state index contributed by atoms with van der Waals surface area (Å²) in [6.45, 7) is 3.34.